The van der Waals surface area contributed by atoms with Crippen molar-refractivity contribution in [3.8, 4) is 0 Å². The monoisotopic (exact) mass is 220 g/mol. The van der Waals surface area contributed by atoms with Gasteiger partial charge in [-0.05, 0) is 31.8 Å². The highest BCUT2D eigenvalue weighted by molar-refractivity contribution is 5.75. The largest absolute Gasteiger partial charge is 0.340 e. The second-order valence-corrected chi connectivity index (χ2v) is 4.06. The standard InChI is InChI=1S/C10H18F2N2O/c1-14(7-9(11)12)10(15)3-2-8-4-5-13-6-8/h8-9,13H,2-7H2,1H3. The van der Waals surface area contributed by atoms with Crippen LogP contribution >= 0.6 is 0 Å². The maximum absolute atomic E-state index is 12.0. The van der Waals surface area contributed by atoms with Gasteiger partial charge in [0.2, 0.25) is 5.91 Å². The van der Waals surface area contributed by atoms with Gasteiger partial charge >= 0.3 is 0 Å². The molecule has 3 nitrogen and oxygen atoms in total. The lowest BCUT2D eigenvalue weighted by Gasteiger charge is -2.17. The predicted octanol–water partition coefficient (Wildman–Crippen LogP) is 1.10. The van der Waals surface area contributed by atoms with Crippen molar-refractivity contribution in [1.82, 2.24) is 10.2 Å². The van der Waals surface area contributed by atoms with E-state index in [-0.39, 0.29) is 5.91 Å². The van der Waals surface area contributed by atoms with E-state index in [0.29, 0.717) is 12.3 Å². The smallest absolute Gasteiger partial charge is 0.255 e. The molecule has 0 aromatic rings. The maximum atomic E-state index is 12.0. The highest BCUT2D eigenvalue weighted by Gasteiger charge is 2.18. The summed E-state index contributed by atoms with van der Waals surface area (Å²) in [7, 11) is 1.43. The molecule has 5 heteroatoms. The van der Waals surface area contributed by atoms with Crippen LogP contribution in [0.3, 0.4) is 0 Å². The number of hydrogen-bond donors (Lipinski definition) is 1. The van der Waals surface area contributed by atoms with Gasteiger partial charge in [0.25, 0.3) is 6.43 Å². The Morgan fingerprint density at radius 3 is 2.87 bits per heavy atom. The van der Waals surface area contributed by atoms with Gasteiger partial charge in [-0.25, -0.2) is 8.78 Å². The average Bonchev–Trinajstić information content (AvgIpc) is 2.65. The molecule has 0 aromatic carbocycles. The number of nitrogens with one attached hydrogen (secondary N) is 1. The molecule has 88 valence electrons. The van der Waals surface area contributed by atoms with Crippen molar-refractivity contribution in [1.29, 1.82) is 0 Å². The second-order valence-electron chi connectivity index (χ2n) is 4.06. The molecule has 1 atom stereocenters. The van der Waals surface area contributed by atoms with E-state index in [2.05, 4.69) is 5.32 Å². The van der Waals surface area contributed by atoms with Crippen molar-refractivity contribution in [2.75, 3.05) is 26.7 Å². The van der Waals surface area contributed by atoms with Gasteiger partial charge in [-0.1, -0.05) is 0 Å². The van der Waals surface area contributed by atoms with Crippen LogP contribution < -0.4 is 5.32 Å². The van der Waals surface area contributed by atoms with E-state index in [1.165, 1.54) is 7.05 Å². The highest BCUT2D eigenvalue weighted by Crippen LogP contribution is 2.15. The zero-order chi connectivity index (χ0) is 11.3. The quantitative estimate of drug-likeness (QED) is 0.752. The van der Waals surface area contributed by atoms with E-state index in [1.54, 1.807) is 0 Å². The molecule has 0 aliphatic carbocycles. The molecule has 1 unspecified atom stereocenters. The summed E-state index contributed by atoms with van der Waals surface area (Å²) in [4.78, 5) is 12.5. The van der Waals surface area contributed by atoms with Gasteiger partial charge in [0.15, 0.2) is 0 Å². The Bertz CT molecular complexity index is 206. The number of alkyl halides is 2. The minimum atomic E-state index is -2.44. The Balaban J connectivity index is 2.16. The molecule has 15 heavy (non-hydrogen) atoms. The fourth-order valence-electron chi connectivity index (χ4n) is 1.79. The Morgan fingerprint density at radius 2 is 2.33 bits per heavy atom. The van der Waals surface area contributed by atoms with Gasteiger partial charge < -0.3 is 10.2 Å². The Kier molecular flexibility index (Phi) is 4.94. The number of amides is 1. The molecule has 0 bridgehead atoms. The third kappa shape index (κ3) is 4.55. The van der Waals surface area contributed by atoms with Gasteiger partial charge in [-0.15, -0.1) is 0 Å². The van der Waals surface area contributed by atoms with Crippen molar-refractivity contribution in [3.63, 3.8) is 0 Å². The predicted molar refractivity (Wildman–Crippen MR) is 53.9 cm³/mol. The second kappa shape index (κ2) is 6.00. The summed E-state index contributed by atoms with van der Waals surface area (Å²) in [5, 5.41) is 3.21. The SMILES string of the molecule is CN(CC(F)F)C(=O)CCC1CCNC1. The molecular weight excluding hydrogens is 202 g/mol. The van der Waals surface area contributed by atoms with E-state index in [9.17, 15) is 13.6 Å². The molecule has 1 aliphatic rings. The third-order valence-electron chi connectivity index (χ3n) is 2.77. The lowest BCUT2D eigenvalue weighted by molar-refractivity contribution is -0.131. The molecule has 0 aromatic heterocycles. The average molecular weight is 220 g/mol. The van der Waals surface area contributed by atoms with Crippen LogP contribution in [-0.2, 0) is 4.79 Å². The van der Waals surface area contributed by atoms with Crippen LogP contribution in [0.5, 0.6) is 0 Å². The molecule has 0 radical (unpaired) electrons. The molecule has 1 amide bonds. The van der Waals surface area contributed by atoms with Crippen molar-refractivity contribution < 1.29 is 13.6 Å². The number of hydrogen-bond acceptors (Lipinski definition) is 2. The molecule has 1 rings (SSSR count). The summed E-state index contributed by atoms with van der Waals surface area (Å²) < 4.78 is 24.0. The topological polar surface area (TPSA) is 32.3 Å². The number of carbonyl (C=O) groups excluding carboxylic acids is 1. The number of rotatable bonds is 5. The fraction of sp³-hybridized carbons (Fsp3) is 0.900. The number of nitrogens with zero attached hydrogens (tertiary/aromatic N) is 1. The van der Waals surface area contributed by atoms with Gasteiger partial charge in [-0.3, -0.25) is 4.79 Å². The number of carbonyl (C=O) groups is 1. The summed E-state index contributed by atoms with van der Waals surface area (Å²) in [6, 6.07) is 0. The summed E-state index contributed by atoms with van der Waals surface area (Å²) in [5.74, 6) is 0.357. The molecule has 1 heterocycles. The van der Waals surface area contributed by atoms with Gasteiger partial charge in [0, 0.05) is 13.5 Å². The lowest BCUT2D eigenvalue weighted by atomic mass is 10.0. The first kappa shape index (κ1) is 12.4. The van der Waals surface area contributed by atoms with Crippen LogP contribution in [0.2, 0.25) is 0 Å². The van der Waals surface area contributed by atoms with Crippen LogP contribution in [0.25, 0.3) is 0 Å². The van der Waals surface area contributed by atoms with E-state index in [1.807, 2.05) is 0 Å². The van der Waals surface area contributed by atoms with Gasteiger partial charge in [0.1, 0.15) is 0 Å². The third-order valence-corrected chi connectivity index (χ3v) is 2.77. The van der Waals surface area contributed by atoms with E-state index >= 15 is 0 Å². The first-order valence-electron chi connectivity index (χ1n) is 5.32. The van der Waals surface area contributed by atoms with Gasteiger partial charge in [0.05, 0.1) is 6.54 Å². The minimum Gasteiger partial charge on any atom is -0.340 e. The van der Waals surface area contributed by atoms with E-state index in [0.717, 1.165) is 30.8 Å². The molecule has 0 spiro atoms. The molecule has 0 saturated carbocycles. The van der Waals surface area contributed by atoms with E-state index in [4.69, 9.17) is 0 Å². The van der Waals surface area contributed by atoms with Crippen molar-refractivity contribution in [2.24, 2.45) is 5.92 Å². The molecule has 1 aliphatic heterocycles. The van der Waals surface area contributed by atoms with Crippen LogP contribution in [0.4, 0.5) is 8.78 Å². The zero-order valence-electron chi connectivity index (χ0n) is 9.01. The Hall–Kier alpha value is -0.710. The van der Waals surface area contributed by atoms with Crippen molar-refractivity contribution in [3.05, 3.63) is 0 Å². The lowest BCUT2D eigenvalue weighted by Crippen LogP contribution is -2.31. The molecule has 1 N–H and O–H groups in total. The maximum Gasteiger partial charge on any atom is 0.255 e. The first-order chi connectivity index (χ1) is 7.09. The highest BCUT2D eigenvalue weighted by atomic mass is 19.3. The minimum absolute atomic E-state index is 0.179. The van der Waals surface area contributed by atoms with Crippen molar-refractivity contribution in [2.45, 2.75) is 25.7 Å². The molecular formula is C10H18F2N2O. The number of halogens is 2. The summed E-state index contributed by atoms with van der Waals surface area (Å²) >= 11 is 0. The fourth-order valence-corrected chi connectivity index (χ4v) is 1.79. The van der Waals surface area contributed by atoms with Crippen LogP contribution in [0, 0.1) is 5.92 Å². The molecule has 1 fully saturated rings. The van der Waals surface area contributed by atoms with Crippen LogP contribution in [0.15, 0.2) is 0 Å². The van der Waals surface area contributed by atoms with Crippen molar-refractivity contribution >= 4 is 5.91 Å². The first-order valence-corrected chi connectivity index (χ1v) is 5.32. The Morgan fingerprint density at radius 1 is 1.60 bits per heavy atom. The molecule has 1 saturated heterocycles. The summed E-state index contributed by atoms with van der Waals surface area (Å²) in [5.41, 5.74) is 0. The normalized spacial score (nSPS) is 20.9. The van der Waals surface area contributed by atoms with Gasteiger partial charge in [-0.2, -0.15) is 0 Å². The Labute approximate surface area is 88.8 Å². The zero-order valence-corrected chi connectivity index (χ0v) is 9.01. The van der Waals surface area contributed by atoms with E-state index < -0.39 is 13.0 Å². The summed E-state index contributed by atoms with van der Waals surface area (Å²) in [6.07, 6.45) is -0.159. The summed E-state index contributed by atoms with van der Waals surface area (Å²) in [6.45, 7) is 1.50. The van der Waals surface area contributed by atoms with Crippen LogP contribution in [-0.4, -0.2) is 43.9 Å². The van der Waals surface area contributed by atoms with Crippen LogP contribution in [0.1, 0.15) is 19.3 Å².